The van der Waals surface area contributed by atoms with Crippen LogP contribution in [0.5, 0.6) is 0 Å². The first-order chi connectivity index (χ1) is 11.4. The predicted molar refractivity (Wildman–Crippen MR) is 121 cm³/mol. The third-order valence-electron chi connectivity index (χ3n) is 3.99. The van der Waals surface area contributed by atoms with Crippen molar-refractivity contribution in [1.29, 1.82) is 0 Å². The van der Waals surface area contributed by atoms with Crippen molar-refractivity contribution in [3.05, 3.63) is 16.1 Å². The Morgan fingerprint density at radius 3 is 2.52 bits per heavy atom. The van der Waals surface area contributed by atoms with Crippen molar-refractivity contribution in [3.63, 3.8) is 0 Å². The van der Waals surface area contributed by atoms with Crippen molar-refractivity contribution in [1.82, 2.24) is 20.5 Å². The normalized spacial score (nSPS) is 12.0. The molecule has 1 aromatic rings. The zero-order valence-corrected chi connectivity index (χ0v) is 19.8. The average Bonchev–Trinajstić information content (AvgIpc) is 3.01. The van der Waals surface area contributed by atoms with Crippen molar-refractivity contribution in [2.75, 3.05) is 26.7 Å². The van der Waals surface area contributed by atoms with E-state index in [1.54, 1.807) is 11.3 Å². The van der Waals surface area contributed by atoms with Crippen molar-refractivity contribution in [3.8, 4) is 0 Å². The van der Waals surface area contributed by atoms with Gasteiger partial charge in [-0.25, -0.2) is 9.98 Å². The lowest BCUT2D eigenvalue weighted by molar-refractivity contribution is 0.268. The molecule has 0 bridgehead atoms. The molecule has 146 valence electrons. The van der Waals surface area contributed by atoms with E-state index in [0.29, 0.717) is 18.5 Å². The van der Waals surface area contributed by atoms with E-state index in [1.165, 1.54) is 6.42 Å². The van der Waals surface area contributed by atoms with E-state index in [9.17, 15) is 0 Å². The molecule has 25 heavy (non-hydrogen) atoms. The Labute approximate surface area is 175 Å². The number of rotatable bonds is 10. The highest BCUT2D eigenvalue weighted by Crippen LogP contribution is 2.18. The summed E-state index contributed by atoms with van der Waals surface area (Å²) in [5, 5.41) is 9.94. The number of aliphatic imine (C=N–C) groups is 1. The minimum Gasteiger partial charge on any atom is -0.357 e. The number of halogens is 1. The van der Waals surface area contributed by atoms with Crippen LogP contribution < -0.4 is 10.6 Å². The van der Waals surface area contributed by atoms with Crippen LogP contribution >= 0.6 is 35.3 Å². The van der Waals surface area contributed by atoms with E-state index < -0.39 is 0 Å². The summed E-state index contributed by atoms with van der Waals surface area (Å²) in [5.41, 5.74) is 1.16. The molecule has 2 N–H and O–H groups in total. The Hall–Kier alpha value is -0.410. The first kappa shape index (κ1) is 24.6. The molecular weight excluding hydrogens is 445 g/mol. The summed E-state index contributed by atoms with van der Waals surface area (Å²) in [6.45, 7) is 14.5. The lowest BCUT2D eigenvalue weighted by Crippen LogP contribution is -2.38. The van der Waals surface area contributed by atoms with Gasteiger partial charge >= 0.3 is 0 Å². The minimum absolute atomic E-state index is 0. The van der Waals surface area contributed by atoms with Crippen LogP contribution in [0, 0.1) is 0 Å². The zero-order chi connectivity index (χ0) is 17.9. The van der Waals surface area contributed by atoms with Gasteiger partial charge in [-0.1, -0.05) is 13.8 Å². The van der Waals surface area contributed by atoms with Crippen LogP contribution in [-0.4, -0.2) is 48.6 Å². The highest BCUT2D eigenvalue weighted by Gasteiger charge is 2.06. The molecule has 0 spiro atoms. The number of hydrogen-bond donors (Lipinski definition) is 2. The largest absolute Gasteiger partial charge is 0.357 e. The van der Waals surface area contributed by atoms with Crippen molar-refractivity contribution in [2.45, 2.75) is 66.0 Å². The Morgan fingerprint density at radius 2 is 1.96 bits per heavy atom. The lowest BCUT2D eigenvalue weighted by atomic mass is 10.2. The summed E-state index contributed by atoms with van der Waals surface area (Å²) in [6, 6.07) is 0.617. The van der Waals surface area contributed by atoms with Crippen LogP contribution in [-0.2, 0) is 6.54 Å². The number of unbranched alkanes of at least 4 members (excludes halogenated alkanes) is 1. The van der Waals surface area contributed by atoms with Crippen LogP contribution in [0.15, 0.2) is 10.4 Å². The van der Waals surface area contributed by atoms with Gasteiger partial charge in [0, 0.05) is 24.5 Å². The van der Waals surface area contributed by atoms with Gasteiger partial charge in [-0.15, -0.1) is 35.3 Å². The van der Waals surface area contributed by atoms with Gasteiger partial charge in [-0.2, -0.15) is 0 Å². The third-order valence-corrected chi connectivity index (χ3v) is 4.84. The van der Waals surface area contributed by atoms with Crippen LogP contribution in [0.2, 0.25) is 0 Å². The molecule has 0 aliphatic heterocycles. The first-order valence-electron chi connectivity index (χ1n) is 9.10. The maximum Gasteiger partial charge on any atom is 0.191 e. The maximum atomic E-state index is 4.65. The van der Waals surface area contributed by atoms with Gasteiger partial charge in [0.15, 0.2) is 5.96 Å². The summed E-state index contributed by atoms with van der Waals surface area (Å²) < 4.78 is 0. The molecule has 0 saturated carbocycles. The zero-order valence-electron chi connectivity index (χ0n) is 16.6. The molecule has 1 rings (SSSR count). The number of guanidine groups is 1. The van der Waals surface area contributed by atoms with Crippen molar-refractivity contribution in [2.24, 2.45) is 4.99 Å². The van der Waals surface area contributed by atoms with Crippen LogP contribution in [0.25, 0.3) is 0 Å². The average molecular weight is 481 g/mol. The fourth-order valence-electron chi connectivity index (χ4n) is 2.10. The maximum absolute atomic E-state index is 4.65. The Kier molecular flexibility index (Phi) is 13.5. The van der Waals surface area contributed by atoms with Crippen molar-refractivity contribution >= 4 is 41.3 Å². The molecule has 0 radical (unpaired) electrons. The molecule has 0 aromatic carbocycles. The van der Waals surface area contributed by atoms with E-state index in [2.05, 4.69) is 72.6 Å². The number of hydrogen-bond acceptors (Lipinski definition) is 4. The van der Waals surface area contributed by atoms with Crippen LogP contribution in [0.1, 0.15) is 64.1 Å². The SMILES string of the molecule is CCNC(=NCc1nc(C(C)C)cs1)NCCCCN(C)C(C)C.I. The minimum atomic E-state index is 0. The second-order valence-corrected chi connectivity index (χ2v) is 7.67. The van der Waals surface area contributed by atoms with E-state index in [4.69, 9.17) is 0 Å². The van der Waals surface area contributed by atoms with Gasteiger partial charge in [-0.05, 0) is 53.1 Å². The van der Waals surface area contributed by atoms with E-state index in [-0.39, 0.29) is 24.0 Å². The number of aromatic nitrogens is 1. The van der Waals surface area contributed by atoms with Gasteiger partial charge in [0.05, 0.1) is 12.2 Å². The summed E-state index contributed by atoms with van der Waals surface area (Å²) in [4.78, 5) is 11.7. The molecule has 0 saturated heterocycles. The Bertz CT molecular complexity index is 488. The standard InChI is InChI=1S/C18H35N5S.HI/c1-7-19-18(20-10-8-9-11-23(6)15(4)5)21-12-17-22-16(13-24-17)14(2)3;/h13-15H,7-12H2,1-6H3,(H2,19,20,21);1H. The van der Waals surface area contributed by atoms with Gasteiger partial charge < -0.3 is 15.5 Å². The Balaban J connectivity index is 0.00000576. The quantitative estimate of drug-likeness (QED) is 0.229. The first-order valence-corrected chi connectivity index (χ1v) is 9.98. The second-order valence-electron chi connectivity index (χ2n) is 6.72. The highest BCUT2D eigenvalue weighted by atomic mass is 127. The van der Waals surface area contributed by atoms with Gasteiger partial charge in [0.25, 0.3) is 0 Å². The smallest absolute Gasteiger partial charge is 0.191 e. The molecular formula is C18H36IN5S. The fourth-order valence-corrected chi connectivity index (χ4v) is 2.98. The summed E-state index contributed by atoms with van der Waals surface area (Å²) in [5.74, 6) is 1.37. The molecule has 0 amide bonds. The molecule has 0 unspecified atom stereocenters. The lowest BCUT2D eigenvalue weighted by Gasteiger charge is -2.20. The van der Waals surface area contributed by atoms with Gasteiger partial charge in [0.2, 0.25) is 0 Å². The monoisotopic (exact) mass is 481 g/mol. The number of nitrogens with one attached hydrogen (secondary N) is 2. The number of thiazole rings is 1. The molecule has 0 atom stereocenters. The molecule has 7 heteroatoms. The summed E-state index contributed by atoms with van der Waals surface area (Å²) in [7, 11) is 2.18. The molecule has 1 heterocycles. The second kappa shape index (κ2) is 13.7. The Morgan fingerprint density at radius 1 is 1.24 bits per heavy atom. The van der Waals surface area contributed by atoms with Gasteiger partial charge in [0.1, 0.15) is 5.01 Å². The van der Waals surface area contributed by atoms with Crippen molar-refractivity contribution < 1.29 is 0 Å². The molecule has 5 nitrogen and oxygen atoms in total. The molecule has 1 aromatic heterocycles. The highest BCUT2D eigenvalue weighted by molar-refractivity contribution is 14.0. The third kappa shape index (κ3) is 10.4. The van der Waals surface area contributed by atoms with Gasteiger partial charge in [-0.3, -0.25) is 0 Å². The summed E-state index contributed by atoms with van der Waals surface area (Å²) >= 11 is 1.70. The molecule has 0 aliphatic rings. The topological polar surface area (TPSA) is 52.6 Å². The summed E-state index contributed by atoms with van der Waals surface area (Å²) in [6.07, 6.45) is 2.35. The van der Waals surface area contributed by atoms with Crippen LogP contribution in [0.4, 0.5) is 0 Å². The molecule has 0 fully saturated rings. The van der Waals surface area contributed by atoms with Crippen LogP contribution in [0.3, 0.4) is 0 Å². The predicted octanol–water partition coefficient (Wildman–Crippen LogP) is 4.06. The van der Waals surface area contributed by atoms with E-state index in [0.717, 1.165) is 42.7 Å². The fraction of sp³-hybridized carbons (Fsp3) is 0.778. The van der Waals surface area contributed by atoms with E-state index >= 15 is 0 Å². The number of nitrogens with zero attached hydrogens (tertiary/aromatic N) is 3. The van der Waals surface area contributed by atoms with E-state index in [1.807, 2.05) is 0 Å². The molecule has 0 aliphatic carbocycles.